The number of aryl methyl sites for hydroxylation is 1. The largest absolute Gasteiger partial charge is 0.493 e. The standard InChI is InChI=1S/C26H34N4O4/c1-33-14-5-15-34-23-17-19(10-12-24(31)29-26(27)28)9-11-22(23)21-7-4-6-20(16-21)18-30-13-3-2-8-25(30)32/h4,6-7,9,11,16-17H,2-3,5,8,10,12-15,18H2,1H3,(H4,27,28,29,31). The van der Waals surface area contributed by atoms with Crippen molar-refractivity contribution in [3.05, 3.63) is 53.6 Å². The van der Waals surface area contributed by atoms with E-state index in [1.807, 2.05) is 41.3 Å². The summed E-state index contributed by atoms with van der Waals surface area (Å²) in [4.78, 5) is 29.6. The quantitative estimate of drug-likeness (QED) is 0.298. The number of nitrogens with two attached hydrogens (primary N) is 2. The van der Waals surface area contributed by atoms with Crippen LogP contribution in [0.1, 0.15) is 43.2 Å². The van der Waals surface area contributed by atoms with Crippen molar-refractivity contribution >= 4 is 17.8 Å². The van der Waals surface area contributed by atoms with Crippen molar-refractivity contribution in [1.29, 1.82) is 0 Å². The summed E-state index contributed by atoms with van der Waals surface area (Å²) < 4.78 is 11.2. The predicted molar refractivity (Wildman–Crippen MR) is 132 cm³/mol. The van der Waals surface area contributed by atoms with E-state index in [-0.39, 0.29) is 24.2 Å². The molecule has 2 aromatic carbocycles. The summed E-state index contributed by atoms with van der Waals surface area (Å²) in [6.07, 6.45) is 4.13. The second-order valence-corrected chi connectivity index (χ2v) is 8.43. The highest BCUT2D eigenvalue weighted by molar-refractivity contribution is 5.91. The predicted octanol–water partition coefficient (Wildman–Crippen LogP) is 3.01. The van der Waals surface area contributed by atoms with Gasteiger partial charge in [-0.15, -0.1) is 0 Å². The molecule has 182 valence electrons. The summed E-state index contributed by atoms with van der Waals surface area (Å²) in [5, 5.41) is 0. The lowest BCUT2D eigenvalue weighted by Crippen LogP contribution is -2.34. The molecule has 1 aliphatic heterocycles. The Kier molecular flexibility index (Phi) is 9.46. The van der Waals surface area contributed by atoms with Crippen LogP contribution in [0.2, 0.25) is 0 Å². The number of likely N-dealkylation sites (tertiary alicyclic amines) is 1. The number of piperidine rings is 1. The van der Waals surface area contributed by atoms with Gasteiger partial charge in [-0.1, -0.05) is 30.3 Å². The average Bonchev–Trinajstić information content (AvgIpc) is 2.82. The van der Waals surface area contributed by atoms with Gasteiger partial charge < -0.3 is 25.8 Å². The van der Waals surface area contributed by atoms with Gasteiger partial charge in [0.2, 0.25) is 11.8 Å². The maximum atomic E-state index is 12.2. The van der Waals surface area contributed by atoms with Gasteiger partial charge in [-0.25, -0.2) is 0 Å². The molecule has 0 bridgehead atoms. The van der Waals surface area contributed by atoms with Crippen molar-refractivity contribution in [2.75, 3.05) is 26.9 Å². The molecule has 1 saturated heterocycles. The molecule has 0 aromatic heterocycles. The number of hydrogen-bond acceptors (Lipinski definition) is 4. The van der Waals surface area contributed by atoms with E-state index >= 15 is 0 Å². The second-order valence-electron chi connectivity index (χ2n) is 8.43. The number of methoxy groups -OCH3 is 1. The van der Waals surface area contributed by atoms with E-state index in [0.717, 1.165) is 53.8 Å². The van der Waals surface area contributed by atoms with Crippen LogP contribution < -0.4 is 16.2 Å². The number of hydrogen-bond donors (Lipinski definition) is 2. The third kappa shape index (κ3) is 7.59. The lowest BCUT2D eigenvalue weighted by atomic mass is 9.98. The molecule has 34 heavy (non-hydrogen) atoms. The average molecular weight is 467 g/mol. The molecule has 2 aromatic rings. The summed E-state index contributed by atoms with van der Waals surface area (Å²) in [7, 11) is 1.66. The number of carbonyl (C=O) groups is 2. The first-order chi connectivity index (χ1) is 16.5. The monoisotopic (exact) mass is 466 g/mol. The maximum absolute atomic E-state index is 12.2. The molecule has 2 amide bonds. The number of nitrogens with zero attached hydrogens (tertiary/aromatic N) is 2. The van der Waals surface area contributed by atoms with Gasteiger partial charge in [-0.05, 0) is 48.1 Å². The second kappa shape index (κ2) is 12.7. The fourth-order valence-electron chi connectivity index (χ4n) is 4.00. The number of guanidine groups is 1. The van der Waals surface area contributed by atoms with Crippen molar-refractivity contribution in [2.24, 2.45) is 16.5 Å². The van der Waals surface area contributed by atoms with Crippen molar-refractivity contribution in [1.82, 2.24) is 4.90 Å². The minimum atomic E-state index is -0.355. The van der Waals surface area contributed by atoms with E-state index in [9.17, 15) is 9.59 Å². The molecule has 4 N–H and O–H groups in total. The Morgan fingerprint density at radius 2 is 1.94 bits per heavy atom. The molecular formula is C26H34N4O4. The molecule has 0 aliphatic carbocycles. The molecule has 0 radical (unpaired) electrons. The number of carbonyl (C=O) groups excluding carboxylic acids is 2. The third-order valence-corrected chi connectivity index (χ3v) is 5.71. The summed E-state index contributed by atoms with van der Waals surface area (Å²) in [6.45, 7) is 2.55. The minimum Gasteiger partial charge on any atom is -0.493 e. The van der Waals surface area contributed by atoms with Crippen LogP contribution >= 0.6 is 0 Å². The van der Waals surface area contributed by atoms with Crippen LogP contribution in [0.15, 0.2) is 47.5 Å². The fourth-order valence-corrected chi connectivity index (χ4v) is 4.00. The van der Waals surface area contributed by atoms with Crippen LogP contribution in [0.5, 0.6) is 5.75 Å². The lowest BCUT2D eigenvalue weighted by Gasteiger charge is -2.27. The number of rotatable bonds is 11. The molecule has 8 heteroatoms. The summed E-state index contributed by atoms with van der Waals surface area (Å²) in [5.74, 6) is 0.382. The Bertz CT molecular complexity index is 1020. The Morgan fingerprint density at radius 3 is 2.71 bits per heavy atom. The highest BCUT2D eigenvalue weighted by Gasteiger charge is 2.18. The van der Waals surface area contributed by atoms with E-state index in [2.05, 4.69) is 11.1 Å². The van der Waals surface area contributed by atoms with Gasteiger partial charge in [-0.2, -0.15) is 4.99 Å². The summed E-state index contributed by atoms with van der Waals surface area (Å²) >= 11 is 0. The minimum absolute atomic E-state index is 0.208. The zero-order valence-electron chi connectivity index (χ0n) is 19.8. The van der Waals surface area contributed by atoms with Gasteiger partial charge in [0.15, 0.2) is 5.96 Å². The highest BCUT2D eigenvalue weighted by Crippen LogP contribution is 2.32. The number of aliphatic imine (C=N–C) groups is 1. The SMILES string of the molecule is COCCCOc1cc(CCC(=O)N=C(N)N)ccc1-c1cccc(CN2CCCCC2=O)c1. The van der Waals surface area contributed by atoms with Gasteiger partial charge in [0, 0.05) is 51.6 Å². The van der Waals surface area contributed by atoms with Crippen LogP contribution in [0.3, 0.4) is 0 Å². The number of amides is 2. The van der Waals surface area contributed by atoms with E-state index < -0.39 is 0 Å². The highest BCUT2D eigenvalue weighted by atomic mass is 16.5. The molecule has 1 aliphatic rings. The Hall–Kier alpha value is -3.39. The topological polar surface area (TPSA) is 120 Å². The molecule has 8 nitrogen and oxygen atoms in total. The Morgan fingerprint density at radius 1 is 1.09 bits per heavy atom. The van der Waals surface area contributed by atoms with Gasteiger partial charge >= 0.3 is 0 Å². The van der Waals surface area contributed by atoms with E-state index in [4.69, 9.17) is 20.9 Å². The van der Waals surface area contributed by atoms with Crippen molar-refractivity contribution in [3.8, 4) is 16.9 Å². The van der Waals surface area contributed by atoms with Gasteiger partial charge in [-0.3, -0.25) is 9.59 Å². The molecule has 1 fully saturated rings. The van der Waals surface area contributed by atoms with Gasteiger partial charge in [0.05, 0.1) is 6.61 Å². The first kappa shape index (κ1) is 25.2. The zero-order chi connectivity index (χ0) is 24.3. The van der Waals surface area contributed by atoms with Gasteiger partial charge in [0.25, 0.3) is 0 Å². The first-order valence-electron chi connectivity index (χ1n) is 11.7. The van der Waals surface area contributed by atoms with Crippen LogP contribution in [-0.2, 0) is 27.3 Å². The lowest BCUT2D eigenvalue weighted by molar-refractivity contribution is -0.133. The number of benzene rings is 2. The van der Waals surface area contributed by atoms with Crippen molar-refractivity contribution in [2.45, 2.75) is 45.1 Å². The first-order valence-corrected chi connectivity index (χ1v) is 11.7. The van der Waals surface area contributed by atoms with Crippen molar-refractivity contribution < 1.29 is 19.1 Å². The number of ether oxygens (including phenoxy) is 2. The molecule has 3 rings (SSSR count). The van der Waals surface area contributed by atoms with E-state index in [1.165, 1.54) is 0 Å². The van der Waals surface area contributed by atoms with Crippen LogP contribution in [0.4, 0.5) is 0 Å². The molecule has 0 saturated carbocycles. The molecule has 1 heterocycles. The summed E-state index contributed by atoms with van der Waals surface area (Å²) in [6, 6.07) is 14.2. The van der Waals surface area contributed by atoms with Crippen LogP contribution in [0.25, 0.3) is 11.1 Å². The van der Waals surface area contributed by atoms with Crippen LogP contribution in [-0.4, -0.2) is 49.5 Å². The van der Waals surface area contributed by atoms with E-state index in [1.54, 1.807) is 7.11 Å². The molecule has 0 unspecified atom stereocenters. The fraction of sp³-hybridized carbons (Fsp3) is 0.423. The van der Waals surface area contributed by atoms with Gasteiger partial charge in [0.1, 0.15) is 5.75 Å². The normalized spacial score (nSPS) is 13.6. The molecule has 0 atom stereocenters. The Labute approximate surface area is 200 Å². The summed E-state index contributed by atoms with van der Waals surface area (Å²) in [5.41, 5.74) is 14.6. The molecule has 0 spiro atoms. The third-order valence-electron chi connectivity index (χ3n) is 5.71. The van der Waals surface area contributed by atoms with Crippen molar-refractivity contribution in [3.63, 3.8) is 0 Å². The maximum Gasteiger partial charge on any atom is 0.249 e. The molecular weight excluding hydrogens is 432 g/mol. The Balaban J connectivity index is 1.80. The smallest absolute Gasteiger partial charge is 0.249 e. The van der Waals surface area contributed by atoms with E-state index in [0.29, 0.717) is 32.6 Å². The zero-order valence-corrected chi connectivity index (χ0v) is 19.8. The van der Waals surface area contributed by atoms with Crippen LogP contribution in [0, 0.1) is 0 Å².